The number of carboxylic acids is 2. The molecule has 24 heavy (non-hydrogen) atoms. The maximum Gasteiger partial charge on any atom is 0.411 e. The van der Waals surface area contributed by atoms with Crippen LogP contribution in [0.25, 0.3) is 0 Å². The number of carboxylic acid groups (broad SMARTS) is 2. The van der Waals surface area contributed by atoms with Crippen molar-refractivity contribution in [3.63, 3.8) is 0 Å². The normalized spacial score (nSPS) is 33.4. The van der Waals surface area contributed by atoms with Crippen LogP contribution in [0, 0.1) is 17.8 Å². The van der Waals surface area contributed by atoms with Gasteiger partial charge in [0.15, 0.2) is 0 Å². The number of carbonyl (C=O) groups excluding carboxylic acids is 1. The Morgan fingerprint density at radius 2 is 1.88 bits per heavy atom. The monoisotopic (exact) mass is 354 g/mol. The minimum Gasteiger partial charge on any atom is -0.481 e. The highest BCUT2D eigenvalue weighted by molar-refractivity contribution is 6.30. The van der Waals surface area contributed by atoms with Crippen LogP contribution < -0.4 is 11.1 Å². The molecule has 5 N–H and O–H groups in total. The Hall–Kier alpha value is -2.32. The topological polar surface area (TPSA) is 139 Å². The minimum absolute atomic E-state index is 0.116. The molecule has 0 aliphatic heterocycles. The summed E-state index contributed by atoms with van der Waals surface area (Å²) in [4.78, 5) is 34.6. The van der Waals surface area contributed by atoms with Gasteiger partial charge in [-0.15, -0.1) is 0 Å². The first-order valence-electron chi connectivity index (χ1n) is 7.22. The molecule has 0 bridgehead atoms. The maximum absolute atomic E-state index is 12.0. The summed E-state index contributed by atoms with van der Waals surface area (Å²) in [6.45, 7) is 0. The van der Waals surface area contributed by atoms with E-state index in [0.717, 1.165) is 0 Å². The van der Waals surface area contributed by atoms with Gasteiger partial charge in [-0.3, -0.25) is 14.9 Å². The fraction of sp³-hybridized carbons (Fsp3) is 0.400. The van der Waals surface area contributed by atoms with Gasteiger partial charge in [-0.1, -0.05) is 11.6 Å². The number of amides is 1. The number of carbonyl (C=O) groups is 3. The van der Waals surface area contributed by atoms with E-state index in [2.05, 4.69) is 5.32 Å². The van der Waals surface area contributed by atoms with E-state index in [1.54, 1.807) is 24.3 Å². The Kier molecular flexibility index (Phi) is 3.89. The van der Waals surface area contributed by atoms with Crippen LogP contribution in [0.3, 0.4) is 0 Å². The Bertz CT molecular complexity index is 708. The fourth-order valence-corrected chi connectivity index (χ4v) is 3.68. The quantitative estimate of drug-likeness (QED) is 0.640. The minimum atomic E-state index is -1.70. The zero-order chi connectivity index (χ0) is 17.6. The first-order chi connectivity index (χ1) is 11.2. The predicted octanol–water partition coefficient (Wildman–Crippen LogP) is 1.39. The molecule has 9 heteroatoms. The van der Waals surface area contributed by atoms with Crippen molar-refractivity contribution in [3.8, 4) is 0 Å². The summed E-state index contributed by atoms with van der Waals surface area (Å²) in [5.74, 6) is -4.65. The van der Waals surface area contributed by atoms with Crippen molar-refractivity contribution in [1.82, 2.24) is 0 Å². The second-order valence-electron chi connectivity index (χ2n) is 6.09. The molecule has 128 valence electrons. The lowest BCUT2D eigenvalue weighted by molar-refractivity contribution is -0.146. The molecule has 1 amide bonds. The van der Waals surface area contributed by atoms with Crippen molar-refractivity contribution in [2.24, 2.45) is 23.5 Å². The first kappa shape index (κ1) is 16.5. The number of fused-ring (bicyclic) bond motifs is 1. The number of benzene rings is 1. The summed E-state index contributed by atoms with van der Waals surface area (Å²) < 4.78 is 5.24. The summed E-state index contributed by atoms with van der Waals surface area (Å²) in [7, 11) is 0. The number of hydrogen-bond acceptors (Lipinski definition) is 5. The van der Waals surface area contributed by atoms with Gasteiger partial charge < -0.3 is 20.7 Å². The molecule has 0 heterocycles. The zero-order valence-electron chi connectivity index (χ0n) is 12.3. The lowest BCUT2D eigenvalue weighted by Gasteiger charge is -2.24. The van der Waals surface area contributed by atoms with E-state index >= 15 is 0 Å². The SMILES string of the molecule is NC1(C(=O)O)CC(OC(=O)Nc2ccc(Cl)cc2)C2C1[C@H]2C(=O)O. The van der Waals surface area contributed by atoms with Crippen molar-refractivity contribution in [2.45, 2.75) is 18.1 Å². The molecule has 2 aliphatic carbocycles. The van der Waals surface area contributed by atoms with Gasteiger partial charge in [0, 0.05) is 29.0 Å². The molecule has 0 saturated heterocycles. The summed E-state index contributed by atoms with van der Waals surface area (Å²) in [5.41, 5.74) is 4.61. The number of rotatable bonds is 4. The van der Waals surface area contributed by atoms with Gasteiger partial charge >= 0.3 is 18.0 Å². The Morgan fingerprint density at radius 3 is 2.42 bits per heavy atom. The third kappa shape index (κ3) is 2.67. The van der Waals surface area contributed by atoms with Gasteiger partial charge in [-0.05, 0) is 24.3 Å². The van der Waals surface area contributed by atoms with Crippen LogP contribution in [0.4, 0.5) is 10.5 Å². The van der Waals surface area contributed by atoms with Crippen LogP contribution in [0.1, 0.15) is 6.42 Å². The molecule has 5 atom stereocenters. The van der Waals surface area contributed by atoms with Crippen molar-refractivity contribution in [3.05, 3.63) is 29.3 Å². The van der Waals surface area contributed by atoms with Crippen molar-refractivity contribution in [2.75, 3.05) is 5.32 Å². The van der Waals surface area contributed by atoms with E-state index in [1.165, 1.54) is 0 Å². The molecule has 0 spiro atoms. The molecule has 1 aromatic rings. The van der Waals surface area contributed by atoms with E-state index in [1.807, 2.05) is 0 Å². The molecular formula is C15H15ClN2O6. The molecule has 4 unspecified atom stereocenters. The van der Waals surface area contributed by atoms with Crippen LogP contribution in [0.2, 0.25) is 5.02 Å². The second-order valence-corrected chi connectivity index (χ2v) is 6.53. The number of ether oxygens (including phenoxy) is 1. The van der Waals surface area contributed by atoms with Crippen LogP contribution in [0.15, 0.2) is 24.3 Å². The highest BCUT2D eigenvalue weighted by Crippen LogP contribution is 2.62. The van der Waals surface area contributed by atoms with Crippen molar-refractivity contribution < 1.29 is 29.3 Å². The molecule has 2 saturated carbocycles. The van der Waals surface area contributed by atoms with E-state index in [0.29, 0.717) is 10.7 Å². The fourth-order valence-electron chi connectivity index (χ4n) is 3.55. The second kappa shape index (κ2) is 5.64. The number of nitrogens with one attached hydrogen (secondary N) is 1. The van der Waals surface area contributed by atoms with Gasteiger partial charge in [0.1, 0.15) is 11.6 Å². The third-order valence-electron chi connectivity index (χ3n) is 4.67. The summed E-state index contributed by atoms with van der Waals surface area (Å²) >= 11 is 5.75. The highest BCUT2D eigenvalue weighted by Gasteiger charge is 2.75. The van der Waals surface area contributed by atoms with Crippen LogP contribution in [-0.4, -0.2) is 39.9 Å². The lowest BCUT2D eigenvalue weighted by atomic mass is 9.91. The lowest BCUT2D eigenvalue weighted by Crippen LogP contribution is -2.51. The van der Waals surface area contributed by atoms with Crippen LogP contribution in [-0.2, 0) is 14.3 Å². The van der Waals surface area contributed by atoms with E-state index in [-0.39, 0.29) is 6.42 Å². The summed E-state index contributed by atoms with van der Waals surface area (Å²) in [5, 5.41) is 21.4. The predicted molar refractivity (Wildman–Crippen MR) is 82.6 cm³/mol. The first-order valence-corrected chi connectivity index (χ1v) is 7.60. The third-order valence-corrected chi connectivity index (χ3v) is 4.92. The maximum atomic E-state index is 12.0. The van der Waals surface area contributed by atoms with Crippen molar-refractivity contribution in [1.29, 1.82) is 0 Å². The van der Waals surface area contributed by atoms with Crippen molar-refractivity contribution >= 4 is 35.3 Å². The zero-order valence-corrected chi connectivity index (χ0v) is 13.1. The number of hydrogen-bond donors (Lipinski definition) is 4. The van der Waals surface area contributed by atoms with Gasteiger partial charge in [-0.25, -0.2) is 4.79 Å². The largest absolute Gasteiger partial charge is 0.481 e. The van der Waals surface area contributed by atoms with E-state index in [4.69, 9.17) is 27.2 Å². The average molecular weight is 355 g/mol. The van der Waals surface area contributed by atoms with Gasteiger partial charge in [0.25, 0.3) is 0 Å². The molecular weight excluding hydrogens is 340 g/mol. The van der Waals surface area contributed by atoms with Gasteiger partial charge in [0.05, 0.1) is 5.92 Å². The standard InChI is InChI=1S/C15H15ClN2O6/c16-6-1-3-7(4-2-6)18-14(23)24-8-5-15(17,13(21)22)11-9(8)10(11)12(19)20/h1-4,8-11H,5,17H2,(H,18,23)(H,19,20)(H,21,22)/t8?,9?,10-,11?,15?/m0/s1. The average Bonchev–Trinajstić information content (AvgIpc) is 3.18. The summed E-state index contributed by atoms with van der Waals surface area (Å²) in [6.07, 6.45) is -1.77. The molecule has 1 aromatic carbocycles. The van der Waals surface area contributed by atoms with E-state index < -0.39 is 47.4 Å². The van der Waals surface area contributed by atoms with Crippen LogP contribution >= 0.6 is 11.6 Å². The molecule has 0 radical (unpaired) electrons. The molecule has 8 nitrogen and oxygen atoms in total. The van der Waals surface area contributed by atoms with Gasteiger partial charge in [-0.2, -0.15) is 0 Å². The highest BCUT2D eigenvalue weighted by atomic mass is 35.5. The molecule has 0 aromatic heterocycles. The number of anilines is 1. The Morgan fingerprint density at radius 1 is 1.25 bits per heavy atom. The summed E-state index contributed by atoms with van der Waals surface area (Å²) in [6, 6.07) is 6.31. The Balaban J connectivity index is 1.69. The number of aliphatic carboxylic acids is 2. The number of nitrogens with two attached hydrogens (primary N) is 1. The smallest absolute Gasteiger partial charge is 0.411 e. The molecule has 2 fully saturated rings. The Labute approximate surface area is 141 Å². The van der Waals surface area contributed by atoms with E-state index in [9.17, 15) is 19.5 Å². The van der Waals surface area contributed by atoms with Gasteiger partial charge in [0.2, 0.25) is 0 Å². The van der Waals surface area contributed by atoms with Crippen LogP contribution in [0.5, 0.6) is 0 Å². The number of halogens is 1. The molecule has 3 rings (SSSR count). The molecule has 2 aliphatic rings.